The predicted octanol–water partition coefficient (Wildman–Crippen LogP) is 6.38. The summed E-state index contributed by atoms with van der Waals surface area (Å²) < 4.78 is 17.2. The number of nitrogens with zero attached hydrogens (tertiary/aromatic N) is 4. The van der Waals surface area contributed by atoms with Gasteiger partial charge in [-0.1, -0.05) is 37.3 Å². The maximum atomic E-state index is 15.4. The van der Waals surface area contributed by atoms with E-state index in [-0.39, 0.29) is 17.9 Å². The molecule has 2 aromatic heterocycles. The molecule has 7 heteroatoms. The van der Waals surface area contributed by atoms with Crippen LogP contribution in [-0.2, 0) is 30.0 Å². The van der Waals surface area contributed by atoms with Crippen molar-refractivity contribution in [2.24, 2.45) is 0 Å². The fraction of sp³-hybridized carbons (Fsp3) is 0.467. The number of halogens is 1. The Bertz CT molecular complexity index is 1280. The molecule has 0 fully saturated rings. The number of likely N-dealkylation sites (N-methyl/N-ethyl adjacent to an activating group) is 1. The van der Waals surface area contributed by atoms with Crippen LogP contribution in [0.5, 0.6) is 0 Å². The molecule has 0 aliphatic carbocycles. The highest BCUT2D eigenvalue weighted by Gasteiger charge is 2.38. The van der Waals surface area contributed by atoms with Crippen molar-refractivity contribution in [2.75, 3.05) is 20.6 Å². The average molecular weight is 523 g/mol. The summed E-state index contributed by atoms with van der Waals surface area (Å²) in [5, 5.41) is 4.60. The molecule has 0 spiro atoms. The molecular formula is C30H39FN4OS. The van der Waals surface area contributed by atoms with Crippen LogP contribution >= 0.6 is 11.3 Å². The first-order valence-electron chi connectivity index (χ1n) is 13.1. The lowest BCUT2D eigenvalue weighted by molar-refractivity contribution is -0.129. The summed E-state index contributed by atoms with van der Waals surface area (Å²) in [5.41, 5.74) is 3.05. The van der Waals surface area contributed by atoms with Gasteiger partial charge in [-0.15, -0.1) is 11.3 Å². The quantitative estimate of drug-likeness (QED) is 0.323. The van der Waals surface area contributed by atoms with E-state index in [1.54, 1.807) is 31.3 Å². The van der Waals surface area contributed by atoms with Gasteiger partial charge in [0.25, 0.3) is 0 Å². The number of hydrogen-bond donors (Lipinski definition) is 0. The van der Waals surface area contributed by atoms with E-state index >= 15 is 4.39 Å². The smallest absolute Gasteiger partial charge is 0.246 e. The molecule has 0 N–H and O–H groups in total. The molecule has 37 heavy (non-hydrogen) atoms. The molecule has 1 amide bonds. The Balaban J connectivity index is 1.85. The number of alkyl halides is 1. The van der Waals surface area contributed by atoms with Gasteiger partial charge in [-0.05, 0) is 71.0 Å². The zero-order chi connectivity index (χ0) is 26.9. The lowest BCUT2D eigenvalue weighted by Gasteiger charge is -2.40. The van der Waals surface area contributed by atoms with Crippen LogP contribution in [0.1, 0.15) is 67.1 Å². The fourth-order valence-corrected chi connectivity index (χ4v) is 6.35. The summed E-state index contributed by atoms with van der Waals surface area (Å²) in [6.07, 6.45) is 6.55. The van der Waals surface area contributed by atoms with Crippen molar-refractivity contribution in [1.29, 1.82) is 0 Å². The van der Waals surface area contributed by atoms with E-state index in [9.17, 15) is 4.79 Å². The third kappa shape index (κ3) is 5.58. The average Bonchev–Trinajstić information content (AvgIpc) is 3.47. The lowest BCUT2D eigenvalue weighted by Crippen LogP contribution is -2.44. The van der Waals surface area contributed by atoms with Crippen molar-refractivity contribution in [1.82, 2.24) is 19.6 Å². The number of carbonyl (C=O) groups excluding carboxylic acids is 1. The monoisotopic (exact) mass is 522 g/mol. The van der Waals surface area contributed by atoms with E-state index in [4.69, 9.17) is 0 Å². The summed E-state index contributed by atoms with van der Waals surface area (Å²) in [7, 11) is 3.98. The summed E-state index contributed by atoms with van der Waals surface area (Å²) in [5.74, 6) is 0.00145. The number of hydrogen-bond acceptors (Lipinski definition) is 4. The Morgan fingerprint density at radius 2 is 1.95 bits per heavy atom. The Hall–Kier alpha value is -2.77. The van der Waals surface area contributed by atoms with Gasteiger partial charge >= 0.3 is 0 Å². The molecule has 2 unspecified atom stereocenters. The highest BCUT2D eigenvalue weighted by atomic mass is 32.1. The molecule has 0 bridgehead atoms. The second-order valence-corrected chi connectivity index (χ2v) is 11.8. The molecule has 198 valence electrons. The number of aryl methyl sites for hydroxylation is 2. The number of amides is 1. The molecule has 1 aliphatic heterocycles. The second-order valence-electron chi connectivity index (χ2n) is 10.6. The first-order chi connectivity index (χ1) is 17.5. The van der Waals surface area contributed by atoms with Crippen molar-refractivity contribution in [3.05, 3.63) is 75.3 Å². The van der Waals surface area contributed by atoms with Crippen LogP contribution in [0.25, 0.3) is 11.1 Å². The topological polar surface area (TPSA) is 41.4 Å². The number of aromatic nitrogens is 2. The summed E-state index contributed by atoms with van der Waals surface area (Å²) in [4.78, 5) is 20.0. The van der Waals surface area contributed by atoms with Crippen LogP contribution in [-0.4, -0.2) is 52.2 Å². The number of fused-ring (bicyclic) bond motifs is 1. The zero-order valence-corrected chi connectivity index (χ0v) is 23.9. The maximum Gasteiger partial charge on any atom is 0.246 e. The number of rotatable bonds is 8. The fourth-order valence-electron chi connectivity index (χ4n) is 5.20. The lowest BCUT2D eigenvalue weighted by atomic mass is 9.78. The molecular weight excluding hydrogens is 483 g/mol. The predicted molar refractivity (Wildman–Crippen MR) is 151 cm³/mol. The van der Waals surface area contributed by atoms with Crippen molar-refractivity contribution in [3.8, 4) is 11.1 Å². The first-order valence-corrected chi connectivity index (χ1v) is 14.0. The Labute approximate surface area is 224 Å². The largest absolute Gasteiger partial charge is 0.330 e. The van der Waals surface area contributed by atoms with Crippen LogP contribution in [0.15, 0.2) is 48.7 Å². The molecule has 5 nitrogen and oxygen atoms in total. The number of thiophene rings is 1. The zero-order valence-electron chi connectivity index (χ0n) is 23.1. The van der Waals surface area contributed by atoms with Gasteiger partial charge in [-0.25, -0.2) is 4.39 Å². The van der Waals surface area contributed by atoms with Crippen molar-refractivity contribution in [3.63, 3.8) is 0 Å². The van der Waals surface area contributed by atoms with Crippen molar-refractivity contribution >= 4 is 17.2 Å². The maximum absolute atomic E-state index is 15.4. The number of carbonyl (C=O) groups is 1. The molecule has 1 aliphatic rings. The summed E-state index contributed by atoms with van der Waals surface area (Å²) >= 11 is 1.80. The molecule has 4 rings (SSSR count). The van der Waals surface area contributed by atoms with Gasteiger partial charge in [0.15, 0.2) is 0 Å². The third-order valence-corrected chi connectivity index (χ3v) is 8.39. The molecule has 0 saturated carbocycles. The normalized spacial score (nSPS) is 18.1. The van der Waals surface area contributed by atoms with Crippen molar-refractivity contribution < 1.29 is 9.18 Å². The van der Waals surface area contributed by atoms with E-state index in [0.29, 0.717) is 25.3 Å². The molecule has 3 aromatic rings. The van der Waals surface area contributed by atoms with Gasteiger partial charge in [0.2, 0.25) is 5.91 Å². The first kappa shape index (κ1) is 27.3. The van der Waals surface area contributed by atoms with Crippen LogP contribution in [0.4, 0.5) is 4.39 Å². The van der Waals surface area contributed by atoms with E-state index in [1.165, 1.54) is 15.3 Å². The summed E-state index contributed by atoms with van der Waals surface area (Å²) in [6, 6.07) is 10.5. The number of benzene rings is 1. The highest BCUT2D eigenvalue weighted by molar-refractivity contribution is 7.12. The van der Waals surface area contributed by atoms with Gasteiger partial charge in [0.1, 0.15) is 11.4 Å². The van der Waals surface area contributed by atoms with Crippen LogP contribution < -0.4 is 0 Å². The molecule has 0 saturated heterocycles. The van der Waals surface area contributed by atoms with Gasteiger partial charge in [-0.2, -0.15) is 5.10 Å². The third-order valence-electron chi connectivity index (χ3n) is 7.11. The highest BCUT2D eigenvalue weighted by Crippen LogP contribution is 2.46. The van der Waals surface area contributed by atoms with E-state index in [1.807, 2.05) is 59.9 Å². The SMILES string of the molecule is CCc1cc2c(s1)CN(C(=O)/C=C/CN(C)C)C(C)C2c1ccccc1-c1cn(CC)nc1C(C)(C)F. The van der Waals surface area contributed by atoms with Gasteiger partial charge in [-0.3, -0.25) is 9.48 Å². The Morgan fingerprint density at radius 1 is 1.22 bits per heavy atom. The Morgan fingerprint density at radius 3 is 2.59 bits per heavy atom. The van der Waals surface area contributed by atoms with Gasteiger partial charge < -0.3 is 9.80 Å². The van der Waals surface area contributed by atoms with E-state index < -0.39 is 5.67 Å². The van der Waals surface area contributed by atoms with Crippen LogP contribution in [0.3, 0.4) is 0 Å². The minimum atomic E-state index is -1.58. The van der Waals surface area contributed by atoms with Gasteiger partial charge in [0.05, 0.1) is 6.54 Å². The minimum absolute atomic E-state index is 0.0248. The standard InChI is InChI=1S/C30H39FN4OS/c1-8-21-17-24-26(37-21)19-35(27(36)15-12-16-33(6)7)20(3)28(24)23-14-11-10-13-22(23)25-18-34(9-2)32-29(25)30(4,5)31/h10-15,17-18,20,28H,8-9,16,19H2,1-7H3/b15-12+. The molecule has 3 heterocycles. The Kier molecular flexibility index (Phi) is 8.05. The molecule has 0 radical (unpaired) electrons. The molecule has 1 aromatic carbocycles. The van der Waals surface area contributed by atoms with Gasteiger partial charge in [0, 0.05) is 52.6 Å². The van der Waals surface area contributed by atoms with Crippen molar-refractivity contribution in [2.45, 2.75) is 71.8 Å². The van der Waals surface area contributed by atoms with Crippen LogP contribution in [0.2, 0.25) is 0 Å². The van der Waals surface area contributed by atoms with Crippen LogP contribution in [0, 0.1) is 0 Å². The van der Waals surface area contributed by atoms with E-state index in [0.717, 1.165) is 23.1 Å². The minimum Gasteiger partial charge on any atom is -0.330 e. The summed E-state index contributed by atoms with van der Waals surface area (Å²) in [6.45, 7) is 11.5. The molecule has 2 atom stereocenters. The van der Waals surface area contributed by atoms with E-state index in [2.05, 4.69) is 37.1 Å². The second kappa shape index (κ2) is 10.9.